The first-order chi connectivity index (χ1) is 12.4. The summed E-state index contributed by atoms with van der Waals surface area (Å²) in [4.78, 5) is 26.7. The van der Waals surface area contributed by atoms with Crippen LogP contribution in [0.2, 0.25) is 10.0 Å². The number of hydrogen-bond acceptors (Lipinski definition) is 5. The number of halogens is 2. The summed E-state index contributed by atoms with van der Waals surface area (Å²) in [7, 11) is 0. The Morgan fingerprint density at radius 1 is 1.08 bits per heavy atom. The zero-order valence-electron chi connectivity index (χ0n) is 13.7. The number of piperazine rings is 1. The summed E-state index contributed by atoms with van der Waals surface area (Å²) in [5.41, 5.74) is 7.32. The number of nitrogens with two attached hydrogens (primary N) is 1. The van der Waals surface area contributed by atoms with Crippen molar-refractivity contribution in [2.45, 2.75) is 0 Å². The van der Waals surface area contributed by atoms with Gasteiger partial charge in [-0.15, -0.1) is 0 Å². The molecule has 9 heteroatoms. The van der Waals surface area contributed by atoms with Crippen LogP contribution in [0.25, 0.3) is 0 Å². The monoisotopic (exact) mass is 394 g/mol. The molecular weight excluding hydrogens is 379 g/mol. The number of benzene rings is 2. The number of non-ortho nitro benzene ring substituents is 1. The molecule has 0 bridgehead atoms. The minimum Gasteiger partial charge on any atom is -0.398 e. The SMILES string of the molecule is Nc1ccc(Cl)cc1C(=O)N1CCN(c2ccc([N+](=O)[O-])cc2Cl)CC1. The number of nitrogens with zero attached hydrogens (tertiary/aromatic N) is 3. The smallest absolute Gasteiger partial charge is 0.271 e. The first kappa shape index (κ1) is 18.3. The third-order valence-electron chi connectivity index (χ3n) is 4.30. The fourth-order valence-corrected chi connectivity index (χ4v) is 3.37. The fraction of sp³-hybridized carbons (Fsp3) is 0.235. The van der Waals surface area contributed by atoms with Gasteiger partial charge < -0.3 is 15.5 Å². The third kappa shape index (κ3) is 3.68. The molecule has 26 heavy (non-hydrogen) atoms. The Morgan fingerprint density at radius 2 is 1.77 bits per heavy atom. The van der Waals surface area contributed by atoms with Crippen LogP contribution in [0.1, 0.15) is 10.4 Å². The number of carbonyl (C=O) groups excluding carboxylic acids is 1. The highest BCUT2D eigenvalue weighted by Crippen LogP contribution is 2.30. The second-order valence-electron chi connectivity index (χ2n) is 5.90. The Kier molecular flexibility index (Phi) is 5.20. The van der Waals surface area contributed by atoms with E-state index in [1.807, 2.05) is 4.90 Å². The van der Waals surface area contributed by atoms with Crippen molar-refractivity contribution in [3.8, 4) is 0 Å². The van der Waals surface area contributed by atoms with E-state index in [2.05, 4.69) is 0 Å². The van der Waals surface area contributed by atoms with Crippen LogP contribution in [-0.4, -0.2) is 41.9 Å². The van der Waals surface area contributed by atoms with Crippen molar-refractivity contribution in [3.05, 3.63) is 62.1 Å². The molecule has 1 fully saturated rings. The molecule has 0 radical (unpaired) electrons. The second-order valence-corrected chi connectivity index (χ2v) is 6.75. The molecule has 1 aliphatic rings. The van der Waals surface area contributed by atoms with Gasteiger partial charge in [0.25, 0.3) is 11.6 Å². The normalized spacial score (nSPS) is 14.4. The number of amides is 1. The van der Waals surface area contributed by atoms with Gasteiger partial charge >= 0.3 is 0 Å². The lowest BCUT2D eigenvalue weighted by molar-refractivity contribution is -0.384. The molecule has 2 aromatic carbocycles. The first-order valence-electron chi connectivity index (χ1n) is 7.90. The maximum atomic E-state index is 12.7. The predicted molar refractivity (Wildman–Crippen MR) is 102 cm³/mol. The summed E-state index contributed by atoms with van der Waals surface area (Å²) in [6.07, 6.45) is 0. The van der Waals surface area contributed by atoms with Crippen LogP contribution in [-0.2, 0) is 0 Å². The van der Waals surface area contributed by atoms with E-state index in [0.717, 1.165) is 0 Å². The van der Waals surface area contributed by atoms with Crippen LogP contribution < -0.4 is 10.6 Å². The minimum absolute atomic E-state index is 0.0519. The van der Waals surface area contributed by atoms with Gasteiger partial charge in [-0.2, -0.15) is 0 Å². The van der Waals surface area contributed by atoms with Crippen LogP contribution in [0.15, 0.2) is 36.4 Å². The molecule has 0 unspecified atom stereocenters. The molecule has 136 valence electrons. The average Bonchev–Trinajstić information content (AvgIpc) is 2.63. The second kappa shape index (κ2) is 7.39. The summed E-state index contributed by atoms with van der Waals surface area (Å²) in [5, 5.41) is 11.6. The van der Waals surface area contributed by atoms with Gasteiger partial charge in [-0.05, 0) is 24.3 Å². The van der Waals surface area contributed by atoms with E-state index in [1.54, 1.807) is 29.2 Å². The van der Waals surface area contributed by atoms with Gasteiger partial charge in [-0.3, -0.25) is 14.9 Å². The van der Waals surface area contributed by atoms with E-state index in [1.165, 1.54) is 12.1 Å². The van der Waals surface area contributed by atoms with E-state index >= 15 is 0 Å². The summed E-state index contributed by atoms with van der Waals surface area (Å²) >= 11 is 12.1. The van der Waals surface area contributed by atoms with Gasteiger partial charge in [0.15, 0.2) is 0 Å². The lowest BCUT2D eigenvalue weighted by Crippen LogP contribution is -2.49. The van der Waals surface area contributed by atoms with Crippen molar-refractivity contribution >= 4 is 46.2 Å². The molecule has 0 atom stereocenters. The largest absolute Gasteiger partial charge is 0.398 e. The van der Waals surface area contributed by atoms with Gasteiger partial charge in [0.1, 0.15) is 0 Å². The van der Waals surface area contributed by atoms with Crippen molar-refractivity contribution in [3.63, 3.8) is 0 Å². The van der Waals surface area contributed by atoms with Crippen LogP contribution in [0, 0.1) is 10.1 Å². The first-order valence-corrected chi connectivity index (χ1v) is 8.65. The molecule has 1 aliphatic heterocycles. The van der Waals surface area contributed by atoms with E-state index < -0.39 is 4.92 Å². The number of rotatable bonds is 3. The van der Waals surface area contributed by atoms with Crippen molar-refractivity contribution < 1.29 is 9.72 Å². The highest BCUT2D eigenvalue weighted by Gasteiger charge is 2.25. The van der Waals surface area contributed by atoms with Crippen molar-refractivity contribution in [1.29, 1.82) is 0 Å². The molecule has 2 N–H and O–H groups in total. The standard InChI is InChI=1S/C17H16Cl2N4O3/c18-11-1-3-15(20)13(9-11)17(24)22-7-5-21(6-8-22)16-4-2-12(23(25)26)10-14(16)19/h1-4,9-10H,5-8,20H2. The zero-order chi connectivity index (χ0) is 18.8. The van der Waals surface area contributed by atoms with Gasteiger partial charge in [-0.1, -0.05) is 23.2 Å². The Hall–Kier alpha value is -2.51. The van der Waals surface area contributed by atoms with Gasteiger partial charge in [0, 0.05) is 49.0 Å². The van der Waals surface area contributed by atoms with E-state index in [0.29, 0.717) is 53.2 Å². The van der Waals surface area contributed by atoms with E-state index in [-0.39, 0.29) is 11.6 Å². The van der Waals surface area contributed by atoms with E-state index in [9.17, 15) is 14.9 Å². The van der Waals surface area contributed by atoms with E-state index in [4.69, 9.17) is 28.9 Å². The van der Waals surface area contributed by atoms with Gasteiger partial charge in [-0.25, -0.2) is 0 Å². The topological polar surface area (TPSA) is 92.7 Å². The number of anilines is 2. The number of nitro groups is 1. The lowest BCUT2D eigenvalue weighted by Gasteiger charge is -2.36. The Bertz CT molecular complexity index is 867. The highest BCUT2D eigenvalue weighted by atomic mass is 35.5. The summed E-state index contributed by atoms with van der Waals surface area (Å²) in [6, 6.07) is 9.21. The Balaban J connectivity index is 1.70. The molecule has 0 saturated carbocycles. The summed E-state index contributed by atoms with van der Waals surface area (Å²) in [6.45, 7) is 2.09. The number of nitro benzene ring substituents is 1. The molecule has 1 saturated heterocycles. The third-order valence-corrected chi connectivity index (χ3v) is 4.83. The van der Waals surface area contributed by atoms with Crippen LogP contribution in [0.3, 0.4) is 0 Å². The fourth-order valence-electron chi connectivity index (χ4n) is 2.90. The van der Waals surface area contributed by atoms with Crippen molar-refractivity contribution in [1.82, 2.24) is 4.90 Å². The molecule has 3 rings (SSSR count). The number of hydrogen-bond donors (Lipinski definition) is 1. The predicted octanol–water partition coefficient (Wildman–Crippen LogP) is 3.45. The number of carbonyl (C=O) groups is 1. The molecule has 1 amide bonds. The zero-order valence-corrected chi connectivity index (χ0v) is 15.2. The average molecular weight is 395 g/mol. The molecule has 2 aromatic rings. The lowest BCUT2D eigenvalue weighted by atomic mass is 10.1. The Labute approximate surface area is 160 Å². The molecule has 1 heterocycles. The molecular formula is C17H16Cl2N4O3. The Morgan fingerprint density at radius 3 is 2.38 bits per heavy atom. The molecule has 7 nitrogen and oxygen atoms in total. The minimum atomic E-state index is -0.484. The van der Waals surface area contributed by atoms with Crippen molar-refractivity contribution in [2.75, 3.05) is 36.8 Å². The molecule has 0 spiro atoms. The van der Waals surface area contributed by atoms with Crippen molar-refractivity contribution in [2.24, 2.45) is 0 Å². The van der Waals surface area contributed by atoms with Gasteiger partial charge in [0.2, 0.25) is 0 Å². The molecule has 0 aliphatic carbocycles. The summed E-state index contributed by atoms with van der Waals surface area (Å²) in [5.74, 6) is -0.167. The molecule has 0 aromatic heterocycles. The highest BCUT2D eigenvalue weighted by molar-refractivity contribution is 6.33. The van der Waals surface area contributed by atoms with Crippen LogP contribution in [0.5, 0.6) is 0 Å². The quantitative estimate of drug-likeness (QED) is 0.488. The maximum absolute atomic E-state index is 12.7. The summed E-state index contributed by atoms with van der Waals surface area (Å²) < 4.78 is 0. The number of nitrogen functional groups attached to an aromatic ring is 1. The van der Waals surface area contributed by atoms with Crippen LogP contribution >= 0.6 is 23.2 Å². The van der Waals surface area contributed by atoms with Crippen LogP contribution in [0.4, 0.5) is 17.1 Å². The maximum Gasteiger partial charge on any atom is 0.271 e. The van der Waals surface area contributed by atoms with Gasteiger partial charge in [0.05, 0.1) is 21.2 Å².